The number of esters is 2. The van der Waals surface area contributed by atoms with Gasteiger partial charge in [-0.15, -0.1) is 22.7 Å². The number of nitrogens with zero attached hydrogens (tertiary/aromatic N) is 14. The van der Waals surface area contributed by atoms with Gasteiger partial charge < -0.3 is 37.4 Å². The zero-order chi connectivity index (χ0) is 104. The van der Waals surface area contributed by atoms with Crippen molar-refractivity contribution in [2.24, 2.45) is 28.2 Å². The van der Waals surface area contributed by atoms with E-state index in [1.807, 2.05) is 111 Å². The first-order valence-corrected chi connectivity index (χ1v) is 60.1. The van der Waals surface area contributed by atoms with E-state index in [-0.39, 0.29) is 72.3 Å². The van der Waals surface area contributed by atoms with Gasteiger partial charge in [0.2, 0.25) is 0 Å². The van der Waals surface area contributed by atoms with E-state index in [0.29, 0.717) is 16.9 Å². The predicted molar refractivity (Wildman–Crippen MR) is 568 cm³/mol. The summed E-state index contributed by atoms with van der Waals surface area (Å²) in [6, 6.07) is 50.5. The topological polar surface area (TPSA) is 347 Å². The van der Waals surface area contributed by atoms with E-state index in [9.17, 15) is 52.8 Å². The van der Waals surface area contributed by atoms with Crippen molar-refractivity contribution in [2.75, 3.05) is 13.2 Å². The van der Waals surface area contributed by atoms with E-state index in [4.69, 9.17) is 43.1 Å². The summed E-state index contributed by atoms with van der Waals surface area (Å²) in [4.78, 5) is 53.0. The molecular weight excluding hydrogens is 2300 g/mol. The summed E-state index contributed by atoms with van der Waals surface area (Å²) in [6.07, 6.45) is 12.1. The quantitative estimate of drug-likeness (QED) is 0.0121. The Bertz CT molecular complexity index is 7370. The van der Waals surface area contributed by atoms with Gasteiger partial charge in [-0.1, -0.05) is 49.9 Å². The average Bonchev–Trinajstić information content (AvgIpc) is 1.67. The minimum absolute atomic E-state index is 0. The molecule has 0 radical (unpaired) electrons. The van der Waals surface area contributed by atoms with Gasteiger partial charge in [0.1, 0.15) is 18.8 Å². The Morgan fingerprint density at radius 2 is 0.797 bits per heavy atom. The van der Waals surface area contributed by atoms with Crippen molar-refractivity contribution in [1.82, 2.24) is 69.0 Å². The van der Waals surface area contributed by atoms with E-state index in [0.717, 1.165) is 91.7 Å². The number of carbonyl (C=O) groups excluding carboxylic acids is 2. The maximum atomic E-state index is 13.6. The van der Waals surface area contributed by atoms with Crippen LogP contribution in [0.2, 0.25) is 13.3 Å². The minimum atomic E-state index is -6.16. The summed E-state index contributed by atoms with van der Waals surface area (Å²) in [7, 11) is -5.98. The Hall–Kier alpha value is -9.78. The van der Waals surface area contributed by atoms with Gasteiger partial charge >= 0.3 is 232 Å². The number of aryl methyl sites for hydroxylation is 6. The van der Waals surface area contributed by atoms with Crippen molar-refractivity contribution in [3.8, 4) is 56.0 Å². The van der Waals surface area contributed by atoms with Gasteiger partial charge in [0.25, 0.3) is 0 Å². The number of fused-ring (bicyclic) bond motifs is 6. The number of aromatic nitrogens is 14. The number of pyridine rings is 4. The van der Waals surface area contributed by atoms with Gasteiger partial charge in [-0.2, -0.15) is 58.5 Å². The van der Waals surface area contributed by atoms with Crippen molar-refractivity contribution in [3.05, 3.63) is 222 Å². The van der Waals surface area contributed by atoms with Crippen molar-refractivity contribution < 1.29 is 90.1 Å². The number of unbranched alkanes of at least 4 members (excludes halogenated alkanes) is 3. The number of rotatable bonds is 27. The normalized spacial score (nSPS) is 12.4. The van der Waals surface area contributed by atoms with Crippen LogP contribution in [0.3, 0.4) is 0 Å². The second kappa shape index (κ2) is 49.6. The van der Waals surface area contributed by atoms with Crippen molar-refractivity contribution in [3.63, 3.8) is 0 Å². The van der Waals surface area contributed by atoms with E-state index in [1.165, 1.54) is 98.0 Å². The van der Waals surface area contributed by atoms with Gasteiger partial charge in [-0.3, -0.25) is 14.0 Å². The molecule has 16 rings (SSSR count). The second-order valence-corrected chi connectivity index (χ2v) is 56.7. The van der Waals surface area contributed by atoms with Crippen LogP contribution in [0.25, 0.3) is 109 Å². The Kier molecular flexibility index (Phi) is 40.0. The summed E-state index contributed by atoms with van der Waals surface area (Å²) < 4.78 is 176. The molecule has 0 saturated heterocycles. The summed E-state index contributed by atoms with van der Waals surface area (Å²) in [6.45, 7) is 22.8. The Balaban J connectivity index is 0.000000188. The molecule has 0 saturated carbocycles. The number of thiazole rings is 2. The van der Waals surface area contributed by atoms with Crippen LogP contribution in [-0.4, -0.2) is 169 Å². The van der Waals surface area contributed by atoms with Crippen LogP contribution in [0.4, 0.5) is 26.3 Å². The molecule has 143 heavy (non-hydrogen) atoms. The molecule has 10 heterocycles. The molecule has 0 aliphatic heterocycles. The van der Waals surface area contributed by atoms with Crippen LogP contribution < -0.4 is 17.5 Å². The third kappa shape index (κ3) is 29.6. The summed E-state index contributed by atoms with van der Waals surface area (Å²) in [5, 5.41) is 39.2. The van der Waals surface area contributed by atoms with Gasteiger partial charge in [-0.25, -0.2) is 34.5 Å². The van der Waals surface area contributed by atoms with E-state index < -0.39 is 104 Å². The maximum absolute atomic E-state index is 13.6. The zero-order valence-corrected chi connectivity index (χ0v) is 93.3. The summed E-state index contributed by atoms with van der Waals surface area (Å²) in [5.74, 6) is -3.21. The largest absolute Gasteiger partial charge is 0.534 e. The molecule has 16 aromatic rings. The molecule has 10 aromatic heterocycles. The maximum Gasteiger partial charge on any atom is 0.534 e. The van der Waals surface area contributed by atoms with Gasteiger partial charge in [-0.05, 0) is 228 Å². The molecule has 0 aliphatic rings. The Morgan fingerprint density at radius 3 is 1.17 bits per heavy atom. The number of alkyl halides is 6. The first-order valence-electron chi connectivity index (χ1n) is 45.0. The van der Waals surface area contributed by atoms with Gasteiger partial charge in [0, 0.05) is 59.6 Å². The van der Waals surface area contributed by atoms with Crippen LogP contribution in [0.1, 0.15) is 157 Å². The minimum Gasteiger partial charge on any atom is -0.464 e. The third-order valence-corrected chi connectivity index (χ3v) is 43.0. The molecule has 0 unspecified atom stereocenters. The van der Waals surface area contributed by atoms with Crippen LogP contribution in [0.5, 0.6) is 11.5 Å². The molecule has 0 fully saturated rings. The van der Waals surface area contributed by atoms with Gasteiger partial charge in [0.05, 0.1) is 97.1 Å². The summed E-state index contributed by atoms with van der Waals surface area (Å²) in [5.41, 5.74) is -2.03. The molecule has 0 bridgehead atoms. The predicted octanol–water partition coefficient (Wildman–Crippen LogP) is 24.5. The fourth-order valence-corrected chi connectivity index (χ4v) is 35.6. The summed E-state index contributed by atoms with van der Waals surface area (Å²) >= 11 is 12.2. The van der Waals surface area contributed by atoms with Crippen molar-refractivity contribution in [1.29, 1.82) is 0 Å². The molecule has 2 N–H and O–H groups in total. The number of carbonyl (C=O) groups is 2. The fourth-order valence-electron chi connectivity index (χ4n) is 15.3. The smallest absolute Gasteiger partial charge is 0.464 e. The standard InChI is InChI=1S/C30H29F3N4O6S2.C17H19BrF3NO6S2.C13H10BrN3.C13H10N3.C8H9BN2O2.C5H3Br2N.3C4H9.CH4.Sn/c1-7-41-28(38)25(42-29(3,4)5)23-16(2)13-21-26(24(23)43-45(39,40)30(31,32)33)44-27(36-21)20-10-8-9-19(35-20)17-11-12-22-18(14-17)15-34-37(22)6;1-6-26-14(23)12(27-16(3,4)5)10-8(2)7-9-13(29-15(18)22-9)11(10)28-30(24,25)17(19,20)21;1-17-12-6-5-9(7-10(12)8-15-17)11-3-2-4-13(14)16-11;1-16-13-6-5-10(8-11(13)9-15-16)12-4-2-3-7-14-12;1-11-8-3-2-7(9(12)13)4-6(8)5-10-11;6-4-2-1-3-5(7)8-4;3*1-3-4-2;;/h8-15,25H,7H2,1-6H3;7,12H,6H2,1-5H3;2-8H,1H3;2-6,8-9H,1H3;2-5,12-13H,1H3;1-3H;3*1,3-4H2,2H3;1H4;/t25-;12-;;;;;;;;;/m00........./s1. The first kappa shape index (κ1) is 115. The van der Waals surface area contributed by atoms with E-state index >= 15 is 0 Å². The van der Waals surface area contributed by atoms with Crippen LogP contribution >= 0.6 is 86.4 Å². The fraction of sp³-hybridized carbons (Fsp3) is 0.354. The van der Waals surface area contributed by atoms with Crippen LogP contribution in [0.15, 0.2) is 200 Å². The molecule has 2 atom stereocenters. The molecule has 44 heteroatoms. The van der Waals surface area contributed by atoms with E-state index in [1.54, 1.807) is 107 Å². The molecule has 6 aromatic carbocycles. The van der Waals surface area contributed by atoms with Crippen LogP contribution in [0, 0.1) is 13.8 Å². The van der Waals surface area contributed by atoms with Crippen molar-refractivity contribution in [2.45, 2.75) is 184 Å². The van der Waals surface area contributed by atoms with E-state index in [2.05, 4.69) is 184 Å². The SMILES string of the molecule is Brc1cccc(Br)n1.C.CCC[CH2][Sn]([CH2]CCC)([CH2]CCC)[c]1cccc(-c2ccc3c(cnn3C)c2)n1.CCOC(=O)[C@@H](OC(C)(C)C)c1c(C)cc2nc(-c3cccc(-c4ccc5c(cnn5C)c4)n3)sc2c1OS(=O)(=O)C(F)(F)F.CCOC(=O)[C@@H](OC(C)(C)C)c1c(C)cc2nc(Br)sc2c1OS(=O)(=O)C(F)(F)F.Cn1ncc2cc(-c3cccc(Br)n3)ccc21.Cn1ncc2cc(B(O)O)ccc21. The molecule has 762 valence electrons. The number of hydrogen-bond acceptors (Lipinski definition) is 26. The first-order chi connectivity index (χ1) is 66.9. The number of ether oxygens (including phenoxy) is 4. The van der Waals surface area contributed by atoms with Crippen LogP contribution in [-0.2, 0) is 77.0 Å². The number of halogens is 10. The average molecular weight is 2410 g/mol. The molecule has 28 nitrogen and oxygen atoms in total. The second-order valence-electron chi connectivity index (χ2n) is 34.9. The molecule has 0 spiro atoms. The third-order valence-electron chi connectivity index (χ3n) is 22.0. The number of benzene rings is 6. The molecule has 0 amide bonds. The number of hydrogen-bond donors (Lipinski definition) is 2. The monoisotopic (exact) mass is 2410 g/mol. The van der Waals surface area contributed by atoms with Crippen molar-refractivity contribution >= 4 is 217 Å². The Morgan fingerprint density at radius 1 is 0.448 bits per heavy atom. The van der Waals surface area contributed by atoms with Gasteiger partial charge in [0.15, 0.2) is 27.6 Å². The molecular formula is C99H111BBr4F6N14O14S4Sn. The Labute approximate surface area is 872 Å². The molecule has 0 aliphatic carbocycles. The zero-order valence-electron chi connectivity index (χ0n) is 80.8.